The molecule has 1 aliphatic heterocycles. The Balaban J connectivity index is 1.85. The van der Waals surface area contributed by atoms with Crippen molar-refractivity contribution in [2.24, 2.45) is 0 Å². The van der Waals surface area contributed by atoms with Crippen LogP contribution >= 0.6 is 23.8 Å². The van der Waals surface area contributed by atoms with Gasteiger partial charge in [0.15, 0.2) is 16.6 Å². The summed E-state index contributed by atoms with van der Waals surface area (Å²) in [5.41, 5.74) is 1.65. The van der Waals surface area contributed by atoms with Gasteiger partial charge < -0.3 is 14.8 Å². The Kier molecular flexibility index (Phi) is 5.62. The molecule has 0 atom stereocenters. The number of carbonyl (C=O) groups excluding carboxylic acids is 1. The fourth-order valence-electron chi connectivity index (χ4n) is 2.54. The van der Waals surface area contributed by atoms with Crippen LogP contribution in [-0.2, 0) is 11.4 Å². The summed E-state index contributed by atoms with van der Waals surface area (Å²) in [6.45, 7) is 0.132. The quantitative estimate of drug-likeness (QED) is 0.605. The van der Waals surface area contributed by atoms with Crippen molar-refractivity contribution in [3.05, 3.63) is 64.1 Å². The van der Waals surface area contributed by atoms with Gasteiger partial charge in [0, 0.05) is 7.05 Å². The molecule has 1 fully saturated rings. The lowest BCUT2D eigenvalue weighted by molar-refractivity contribution is -0.121. The molecule has 1 amide bonds. The third kappa shape index (κ3) is 4.20. The number of likely N-dealkylation sites (N-methyl/N-ethyl adjacent to an activating group) is 1. The summed E-state index contributed by atoms with van der Waals surface area (Å²) in [5, 5.41) is 3.48. The van der Waals surface area contributed by atoms with Crippen molar-refractivity contribution in [3.63, 3.8) is 0 Å². The van der Waals surface area contributed by atoms with E-state index in [2.05, 4.69) is 5.32 Å². The number of benzene rings is 2. The number of rotatable bonds is 5. The molecule has 2 aromatic carbocycles. The molecule has 1 aliphatic rings. The Bertz CT molecular complexity index is 949. The standard InChI is InChI=1S/C19H16ClFN2O3S/c1-23-18(24)15(22-19(23)27)8-12-7-14(20)17(16(9-12)25-2)26-10-11-4-3-5-13(21)6-11/h3-9H,10H2,1-2H3,(H,22,27)/b15-8-. The SMILES string of the molecule is COc1cc(/C=C2\NC(=S)N(C)C2=O)cc(Cl)c1OCc1cccc(F)c1. The minimum atomic E-state index is -0.340. The monoisotopic (exact) mass is 406 g/mol. The van der Waals surface area contributed by atoms with E-state index in [0.717, 1.165) is 0 Å². The van der Waals surface area contributed by atoms with E-state index in [1.165, 1.54) is 24.1 Å². The number of ether oxygens (including phenoxy) is 2. The second-order valence-electron chi connectivity index (χ2n) is 5.81. The zero-order valence-corrected chi connectivity index (χ0v) is 16.2. The Morgan fingerprint density at radius 3 is 2.74 bits per heavy atom. The van der Waals surface area contributed by atoms with E-state index in [9.17, 15) is 9.18 Å². The van der Waals surface area contributed by atoms with Gasteiger partial charge in [-0.1, -0.05) is 23.7 Å². The average molecular weight is 407 g/mol. The summed E-state index contributed by atoms with van der Waals surface area (Å²) >= 11 is 11.4. The van der Waals surface area contributed by atoms with E-state index >= 15 is 0 Å². The van der Waals surface area contributed by atoms with Crippen LogP contribution in [0.5, 0.6) is 11.5 Å². The largest absolute Gasteiger partial charge is 0.493 e. The number of thiocarbonyl (C=S) groups is 1. The van der Waals surface area contributed by atoms with Crippen LogP contribution in [-0.4, -0.2) is 30.1 Å². The van der Waals surface area contributed by atoms with Crippen molar-refractivity contribution in [2.75, 3.05) is 14.2 Å². The highest BCUT2D eigenvalue weighted by Crippen LogP contribution is 2.37. The number of hydrogen-bond donors (Lipinski definition) is 1. The fourth-order valence-corrected chi connectivity index (χ4v) is 3.00. The highest BCUT2D eigenvalue weighted by atomic mass is 35.5. The van der Waals surface area contributed by atoms with Crippen LogP contribution in [0.25, 0.3) is 6.08 Å². The third-order valence-corrected chi connectivity index (χ3v) is 4.57. The first-order valence-corrected chi connectivity index (χ1v) is 8.73. The Hall–Kier alpha value is -2.64. The zero-order valence-electron chi connectivity index (χ0n) is 14.6. The van der Waals surface area contributed by atoms with Crippen LogP contribution in [0.2, 0.25) is 5.02 Å². The lowest BCUT2D eigenvalue weighted by atomic mass is 10.1. The normalized spacial score (nSPS) is 15.3. The Morgan fingerprint density at radius 2 is 2.11 bits per heavy atom. The second-order valence-corrected chi connectivity index (χ2v) is 6.60. The van der Waals surface area contributed by atoms with Crippen molar-refractivity contribution in [1.29, 1.82) is 0 Å². The molecular weight excluding hydrogens is 391 g/mol. The second kappa shape index (κ2) is 7.94. The van der Waals surface area contributed by atoms with Crippen molar-refractivity contribution in [1.82, 2.24) is 10.2 Å². The molecule has 140 valence electrons. The first-order valence-electron chi connectivity index (χ1n) is 7.94. The van der Waals surface area contributed by atoms with Gasteiger partial charge in [0.05, 0.1) is 12.1 Å². The number of carbonyl (C=O) groups is 1. The fraction of sp³-hybridized carbons (Fsp3) is 0.158. The third-order valence-electron chi connectivity index (χ3n) is 3.92. The molecule has 1 heterocycles. The number of nitrogens with zero attached hydrogens (tertiary/aromatic N) is 1. The Morgan fingerprint density at radius 1 is 1.33 bits per heavy atom. The maximum Gasteiger partial charge on any atom is 0.276 e. The van der Waals surface area contributed by atoms with Gasteiger partial charge in [0.2, 0.25) is 0 Å². The summed E-state index contributed by atoms with van der Waals surface area (Å²) < 4.78 is 24.4. The van der Waals surface area contributed by atoms with E-state index < -0.39 is 0 Å². The van der Waals surface area contributed by atoms with Crippen LogP contribution in [0.3, 0.4) is 0 Å². The van der Waals surface area contributed by atoms with Gasteiger partial charge in [-0.3, -0.25) is 9.69 Å². The summed E-state index contributed by atoms with van der Waals surface area (Å²) in [6.07, 6.45) is 1.63. The lowest BCUT2D eigenvalue weighted by Crippen LogP contribution is -2.25. The topological polar surface area (TPSA) is 50.8 Å². The van der Waals surface area contributed by atoms with Gasteiger partial charge in [-0.15, -0.1) is 0 Å². The smallest absolute Gasteiger partial charge is 0.276 e. The molecule has 0 unspecified atom stereocenters. The highest BCUT2D eigenvalue weighted by molar-refractivity contribution is 7.80. The first kappa shape index (κ1) is 19.1. The first-order chi connectivity index (χ1) is 12.9. The van der Waals surface area contributed by atoms with Crippen molar-refractivity contribution in [2.45, 2.75) is 6.61 Å². The van der Waals surface area contributed by atoms with Gasteiger partial charge >= 0.3 is 0 Å². The predicted octanol–water partition coefficient (Wildman–Crippen LogP) is 3.75. The molecular formula is C19H16ClFN2O3S. The maximum absolute atomic E-state index is 13.3. The molecule has 3 rings (SSSR count). The van der Waals surface area contributed by atoms with Crippen LogP contribution in [0, 0.1) is 5.82 Å². The number of nitrogens with one attached hydrogen (secondary N) is 1. The molecule has 0 spiro atoms. The number of amides is 1. The molecule has 2 aromatic rings. The Labute approximate surface area is 166 Å². The summed E-state index contributed by atoms with van der Waals surface area (Å²) in [6, 6.07) is 9.44. The summed E-state index contributed by atoms with van der Waals surface area (Å²) in [7, 11) is 3.08. The van der Waals surface area contributed by atoms with E-state index in [1.54, 1.807) is 37.4 Å². The molecule has 27 heavy (non-hydrogen) atoms. The van der Waals surface area contributed by atoms with Gasteiger partial charge in [-0.2, -0.15) is 0 Å². The van der Waals surface area contributed by atoms with Crippen LogP contribution in [0.4, 0.5) is 4.39 Å². The van der Waals surface area contributed by atoms with Crippen LogP contribution in [0.15, 0.2) is 42.1 Å². The highest BCUT2D eigenvalue weighted by Gasteiger charge is 2.27. The predicted molar refractivity (Wildman–Crippen MR) is 105 cm³/mol. The average Bonchev–Trinajstić information content (AvgIpc) is 2.87. The van der Waals surface area contributed by atoms with Crippen molar-refractivity contribution >= 4 is 40.9 Å². The lowest BCUT2D eigenvalue weighted by Gasteiger charge is -2.13. The van der Waals surface area contributed by atoms with Gasteiger partial charge in [-0.05, 0) is 53.7 Å². The summed E-state index contributed by atoms with van der Waals surface area (Å²) in [4.78, 5) is 13.4. The van der Waals surface area contributed by atoms with Crippen molar-refractivity contribution in [3.8, 4) is 11.5 Å². The van der Waals surface area contributed by atoms with Crippen LogP contribution in [0.1, 0.15) is 11.1 Å². The number of hydrogen-bond acceptors (Lipinski definition) is 4. The van der Waals surface area contributed by atoms with Crippen molar-refractivity contribution < 1.29 is 18.7 Å². The molecule has 1 N–H and O–H groups in total. The minimum absolute atomic E-state index is 0.132. The number of halogens is 2. The zero-order chi connectivity index (χ0) is 19.6. The molecule has 5 nitrogen and oxygen atoms in total. The van der Waals surface area contributed by atoms with Gasteiger partial charge in [0.25, 0.3) is 5.91 Å². The molecule has 1 saturated heterocycles. The van der Waals surface area contributed by atoms with E-state index in [-0.39, 0.29) is 18.3 Å². The maximum atomic E-state index is 13.3. The molecule has 0 bridgehead atoms. The number of methoxy groups -OCH3 is 1. The molecule has 0 saturated carbocycles. The molecule has 0 aromatic heterocycles. The van der Waals surface area contributed by atoms with Gasteiger partial charge in [-0.25, -0.2) is 4.39 Å². The molecule has 0 aliphatic carbocycles. The minimum Gasteiger partial charge on any atom is -0.493 e. The summed E-state index contributed by atoms with van der Waals surface area (Å²) in [5.74, 6) is 0.158. The van der Waals surface area contributed by atoms with E-state index in [0.29, 0.717) is 38.5 Å². The van der Waals surface area contributed by atoms with E-state index in [1.807, 2.05) is 0 Å². The molecule has 0 radical (unpaired) electrons. The van der Waals surface area contributed by atoms with E-state index in [4.69, 9.17) is 33.3 Å². The van der Waals surface area contributed by atoms with Crippen LogP contribution < -0.4 is 14.8 Å². The van der Waals surface area contributed by atoms with Gasteiger partial charge in [0.1, 0.15) is 18.1 Å². The molecule has 8 heteroatoms.